The summed E-state index contributed by atoms with van der Waals surface area (Å²) >= 11 is 0. The molecule has 0 amide bonds. The van der Waals surface area contributed by atoms with Crippen LogP contribution in [0.15, 0.2) is 4.99 Å². The molecule has 0 aliphatic carbocycles. The average molecular weight is 111 g/mol. The van der Waals surface area contributed by atoms with Crippen LogP contribution in [0.2, 0.25) is 0 Å². The van der Waals surface area contributed by atoms with Crippen molar-refractivity contribution in [1.29, 1.82) is 0 Å². The fourth-order valence-electron chi connectivity index (χ4n) is 0.977. The van der Waals surface area contributed by atoms with Gasteiger partial charge in [0, 0.05) is 6.54 Å². The normalized spacial score (nSPS) is 27.6. The summed E-state index contributed by atoms with van der Waals surface area (Å²) in [6.45, 7) is 5.59. The molecule has 1 aliphatic rings. The molecule has 0 saturated heterocycles. The largest absolute Gasteiger partial charge is 0.297 e. The number of hydrogen-bond donors (Lipinski definition) is 0. The second kappa shape index (κ2) is 2.29. The highest BCUT2D eigenvalue weighted by molar-refractivity contribution is 5.59. The first-order valence-corrected chi connectivity index (χ1v) is 3.29. The summed E-state index contributed by atoms with van der Waals surface area (Å²) in [7, 11) is 0. The Morgan fingerprint density at radius 2 is 2.38 bits per heavy atom. The highest BCUT2D eigenvalue weighted by atomic mass is 14.7. The number of rotatable bonds is 1. The summed E-state index contributed by atoms with van der Waals surface area (Å²) in [5.41, 5.74) is 0. The van der Waals surface area contributed by atoms with Gasteiger partial charge in [-0.2, -0.15) is 0 Å². The SMILES string of the molecule is CC(C)C1CC=NC1. The van der Waals surface area contributed by atoms with Gasteiger partial charge in [-0.3, -0.25) is 4.99 Å². The van der Waals surface area contributed by atoms with E-state index in [1.807, 2.05) is 6.21 Å². The van der Waals surface area contributed by atoms with Crippen molar-refractivity contribution in [3.8, 4) is 0 Å². The van der Waals surface area contributed by atoms with Gasteiger partial charge < -0.3 is 0 Å². The monoisotopic (exact) mass is 111 g/mol. The van der Waals surface area contributed by atoms with Gasteiger partial charge in [-0.25, -0.2) is 0 Å². The van der Waals surface area contributed by atoms with Crippen molar-refractivity contribution >= 4 is 6.21 Å². The van der Waals surface area contributed by atoms with Gasteiger partial charge in [0.25, 0.3) is 0 Å². The van der Waals surface area contributed by atoms with Gasteiger partial charge in [0.2, 0.25) is 0 Å². The molecule has 1 rings (SSSR count). The van der Waals surface area contributed by atoms with E-state index in [9.17, 15) is 0 Å². The van der Waals surface area contributed by atoms with Crippen LogP contribution in [0.1, 0.15) is 20.3 Å². The van der Waals surface area contributed by atoms with Crippen molar-refractivity contribution in [2.75, 3.05) is 6.54 Å². The van der Waals surface area contributed by atoms with Gasteiger partial charge in [-0.1, -0.05) is 13.8 Å². The number of nitrogens with zero attached hydrogens (tertiary/aromatic N) is 1. The quantitative estimate of drug-likeness (QED) is 0.488. The Bertz CT molecular complexity index is 86.6. The van der Waals surface area contributed by atoms with Crippen LogP contribution in [0.3, 0.4) is 0 Å². The molecule has 0 aromatic heterocycles. The fraction of sp³-hybridized carbons (Fsp3) is 0.857. The van der Waals surface area contributed by atoms with E-state index in [1.54, 1.807) is 0 Å². The van der Waals surface area contributed by atoms with E-state index in [0.717, 1.165) is 18.4 Å². The Morgan fingerprint density at radius 1 is 1.62 bits per heavy atom. The molecule has 1 nitrogen and oxygen atoms in total. The molecule has 1 heterocycles. The van der Waals surface area contributed by atoms with Crippen molar-refractivity contribution in [1.82, 2.24) is 0 Å². The molecule has 0 aromatic rings. The molecule has 1 aliphatic heterocycles. The zero-order valence-corrected chi connectivity index (χ0v) is 5.59. The minimum atomic E-state index is 0.817. The molecule has 0 radical (unpaired) electrons. The zero-order chi connectivity index (χ0) is 5.98. The van der Waals surface area contributed by atoms with Crippen LogP contribution in [0.4, 0.5) is 0 Å². The van der Waals surface area contributed by atoms with Crippen molar-refractivity contribution in [3.63, 3.8) is 0 Å². The van der Waals surface area contributed by atoms with E-state index in [1.165, 1.54) is 6.42 Å². The Balaban J connectivity index is 2.29. The molecule has 0 fully saturated rings. The number of aliphatic imine (C=N–C) groups is 1. The van der Waals surface area contributed by atoms with E-state index < -0.39 is 0 Å². The van der Waals surface area contributed by atoms with Gasteiger partial charge >= 0.3 is 0 Å². The Hall–Kier alpha value is -0.330. The standard InChI is InChI=1S/C7H13N/c1-6(2)7-3-4-8-5-7/h4,6-7H,3,5H2,1-2H3. The van der Waals surface area contributed by atoms with Crippen LogP contribution in [-0.2, 0) is 0 Å². The summed E-state index contributed by atoms with van der Waals surface area (Å²) in [6, 6.07) is 0. The lowest BCUT2D eigenvalue weighted by Crippen LogP contribution is -2.07. The van der Waals surface area contributed by atoms with Gasteiger partial charge in [0.15, 0.2) is 0 Å². The first kappa shape index (κ1) is 5.80. The van der Waals surface area contributed by atoms with Crippen LogP contribution < -0.4 is 0 Å². The van der Waals surface area contributed by atoms with Crippen LogP contribution in [0.25, 0.3) is 0 Å². The average Bonchev–Trinajstić information content (AvgIpc) is 2.12. The van der Waals surface area contributed by atoms with Crippen LogP contribution >= 0.6 is 0 Å². The maximum Gasteiger partial charge on any atom is 0.0419 e. The van der Waals surface area contributed by atoms with Crippen LogP contribution in [0.5, 0.6) is 0 Å². The Kier molecular flexibility index (Phi) is 1.66. The minimum absolute atomic E-state index is 0.817. The second-order valence-electron chi connectivity index (χ2n) is 2.79. The maximum absolute atomic E-state index is 4.16. The second-order valence-corrected chi connectivity index (χ2v) is 2.79. The Labute approximate surface area is 50.8 Å². The summed E-state index contributed by atoms with van der Waals surface area (Å²) in [5, 5.41) is 0. The lowest BCUT2D eigenvalue weighted by molar-refractivity contribution is 0.427. The van der Waals surface area contributed by atoms with E-state index in [2.05, 4.69) is 18.8 Å². The zero-order valence-electron chi connectivity index (χ0n) is 5.59. The highest BCUT2D eigenvalue weighted by Gasteiger charge is 2.14. The van der Waals surface area contributed by atoms with Gasteiger partial charge in [0.1, 0.15) is 0 Å². The van der Waals surface area contributed by atoms with E-state index in [-0.39, 0.29) is 0 Å². The third-order valence-corrected chi connectivity index (χ3v) is 1.82. The lowest BCUT2D eigenvalue weighted by Gasteiger charge is -2.10. The molecule has 0 aromatic carbocycles. The van der Waals surface area contributed by atoms with Crippen molar-refractivity contribution in [3.05, 3.63) is 0 Å². The van der Waals surface area contributed by atoms with Crippen molar-refractivity contribution in [2.24, 2.45) is 16.8 Å². The van der Waals surface area contributed by atoms with Crippen molar-refractivity contribution in [2.45, 2.75) is 20.3 Å². The van der Waals surface area contributed by atoms with Gasteiger partial charge in [-0.05, 0) is 24.5 Å². The molecule has 46 valence electrons. The van der Waals surface area contributed by atoms with Crippen LogP contribution in [0, 0.1) is 11.8 Å². The predicted octanol–water partition coefficient (Wildman–Crippen LogP) is 1.73. The Morgan fingerprint density at radius 3 is 2.62 bits per heavy atom. The molecule has 8 heavy (non-hydrogen) atoms. The summed E-state index contributed by atoms with van der Waals surface area (Å²) in [6.07, 6.45) is 3.25. The number of hydrogen-bond acceptors (Lipinski definition) is 1. The van der Waals surface area contributed by atoms with Crippen molar-refractivity contribution < 1.29 is 0 Å². The topological polar surface area (TPSA) is 12.4 Å². The summed E-state index contributed by atoms with van der Waals surface area (Å²) in [4.78, 5) is 4.16. The molecule has 0 spiro atoms. The molecular weight excluding hydrogens is 98.1 g/mol. The third kappa shape index (κ3) is 1.09. The maximum atomic E-state index is 4.16. The summed E-state index contributed by atoms with van der Waals surface area (Å²) < 4.78 is 0. The molecule has 0 saturated carbocycles. The van der Waals surface area contributed by atoms with Gasteiger partial charge in [0.05, 0.1) is 0 Å². The van der Waals surface area contributed by atoms with E-state index >= 15 is 0 Å². The lowest BCUT2D eigenvalue weighted by atomic mass is 9.95. The first-order chi connectivity index (χ1) is 3.80. The third-order valence-electron chi connectivity index (χ3n) is 1.82. The van der Waals surface area contributed by atoms with Crippen LogP contribution in [-0.4, -0.2) is 12.8 Å². The summed E-state index contributed by atoms with van der Waals surface area (Å²) in [5.74, 6) is 1.66. The highest BCUT2D eigenvalue weighted by Crippen LogP contribution is 2.17. The smallest absolute Gasteiger partial charge is 0.0419 e. The molecule has 0 bridgehead atoms. The van der Waals surface area contributed by atoms with E-state index in [4.69, 9.17) is 0 Å². The first-order valence-electron chi connectivity index (χ1n) is 3.29. The molecular formula is C7H13N. The fourth-order valence-corrected chi connectivity index (χ4v) is 0.977. The molecule has 0 N–H and O–H groups in total. The molecule has 1 heteroatoms. The molecule has 1 unspecified atom stereocenters. The minimum Gasteiger partial charge on any atom is -0.297 e. The predicted molar refractivity (Wildman–Crippen MR) is 36.3 cm³/mol. The van der Waals surface area contributed by atoms with Gasteiger partial charge in [-0.15, -0.1) is 0 Å². The van der Waals surface area contributed by atoms with E-state index in [0.29, 0.717) is 0 Å². The molecule has 1 atom stereocenters.